The molecule has 4 aliphatic carbocycles. The van der Waals surface area contributed by atoms with E-state index in [0.29, 0.717) is 18.3 Å². The van der Waals surface area contributed by atoms with Crippen molar-refractivity contribution in [3.63, 3.8) is 0 Å². The number of anilines is 1. The summed E-state index contributed by atoms with van der Waals surface area (Å²) in [6, 6.07) is 3.29. The highest BCUT2D eigenvalue weighted by atomic mass is 35.5. The zero-order valence-electron chi connectivity index (χ0n) is 14.2. The number of carbonyl (C=O) groups is 2. The number of esters is 1. The van der Waals surface area contributed by atoms with Gasteiger partial charge in [-0.15, -0.1) is 11.6 Å². The second kappa shape index (κ2) is 6.19. The van der Waals surface area contributed by atoms with Gasteiger partial charge in [-0.25, -0.2) is 8.78 Å². The third-order valence-corrected chi connectivity index (χ3v) is 6.43. The van der Waals surface area contributed by atoms with Crippen molar-refractivity contribution < 1.29 is 23.1 Å². The number of hydrogen-bond donors (Lipinski definition) is 1. The van der Waals surface area contributed by atoms with Crippen LogP contribution in [0.1, 0.15) is 38.5 Å². The van der Waals surface area contributed by atoms with E-state index in [0.717, 1.165) is 44.2 Å². The van der Waals surface area contributed by atoms with Crippen molar-refractivity contribution in [2.75, 3.05) is 11.9 Å². The molecule has 1 aromatic rings. The summed E-state index contributed by atoms with van der Waals surface area (Å²) >= 11 is 6.70. The van der Waals surface area contributed by atoms with E-state index < -0.39 is 41.2 Å². The number of alkyl halides is 1. The van der Waals surface area contributed by atoms with Gasteiger partial charge in [0.15, 0.2) is 6.61 Å². The number of ether oxygens (including phenoxy) is 1. The van der Waals surface area contributed by atoms with Crippen LogP contribution in [0.15, 0.2) is 18.2 Å². The van der Waals surface area contributed by atoms with Crippen molar-refractivity contribution in [3.8, 4) is 0 Å². The van der Waals surface area contributed by atoms with Crippen LogP contribution in [0, 0.1) is 28.9 Å². The Hall–Kier alpha value is -1.69. The molecule has 4 nitrogen and oxygen atoms in total. The van der Waals surface area contributed by atoms with E-state index in [4.69, 9.17) is 16.3 Å². The second-order valence-corrected chi connectivity index (χ2v) is 8.91. The molecule has 1 amide bonds. The third kappa shape index (κ3) is 3.08. The van der Waals surface area contributed by atoms with Gasteiger partial charge in [0.1, 0.15) is 17.3 Å². The summed E-state index contributed by atoms with van der Waals surface area (Å²) in [6.07, 6.45) is 5.06. The van der Waals surface area contributed by atoms with Crippen LogP contribution >= 0.6 is 11.6 Å². The Kier molecular flexibility index (Phi) is 4.21. The predicted molar refractivity (Wildman–Crippen MR) is 91.6 cm³/mol. The minimum absolute atomic E-state index is 0.332. The molecule has 4 fully saturated rings. The molecule has 2 unspecified atom stereocenters. The standard InChI is InChI=1S/C19H20ClF2NO3/c20-19-7-11-4-12(8-19)6-18(5-11,10-19)17(25)26-9-15(24)23-16-13(21)2-1-3-14(16)22/h1-3,11-12H,4-10H2,(H,23,24)/t11-,12+,18?,19?. The minimum Gasteiger partial charge on any atom is -0.455 e. The maximum absolute atomic E-state index is 13.6. The Morgan fingerprint density at radius 3 is 2.35 bits per heavy atom. The van der Waals surface area contributed by atoms with Gasteiger partial charge >= 0.3 is 5.97 Å². The molecule has 4 bridgehead atoms. The molecular weight excluding hydrogens is 364 g/mol. The molecular formula is C19H20ClF2NO3. The van der Waals surface area contributed by atoms with Crippen molar-refractivity contribution in [1.82, 2.24) is 0 Å². The highest BCUT2D eigenvalue weighted by molar-refractivity contribution is 6.24. The Bertz CT molecular complexity index is 735. The molecule has 4 saturated carbocycles. The number of para-hydroxylation sites is 1. The fourth-order valence-corrected chi connectivity index (χ4v) is 6.16. The fourth-order valence-electron chi connectivity index (χ4n) is 5.47. The van der Waals surface area contributed by atoms with Gasteiger partial charge in [0, 0.05) is 4.87 Å². The Morgan fingerprint density at radius 2 is 1.77 bits per heavy atom. The average Bonchev–Trinajstić information content (AvgIpc) is 2.54. The minimum atomic E-state index is -0.880. The summed E-state index contributed by atoms with van der Waals surface area (Å²) in [4.78, 5) is 24.4. The lowest BCUT2D eigenvalue weighted by Crippen LogP contribution is -2.56. The van der Waals surface area contributed by atoms with E-state index in [2.05, 4.69) is 5.32 Å². The molecule has 4 aliphatic rings. The van der Waals surface area contributed by atoms with Crippen LogP contribution in [0.3, 0.4) is 0 Å². The Balaban J connectivity index is 1.39. The second-order valence-electron chi connectivity index (χ2n) is 8.11. The molecule has 140 valence electrons. The zero-order valence-corrected chi connectivity index (χ0v) is 15.0. The predicted octanol–water partition coefficient (Wildman–Crippen LogP) is 4.02. The SMILES string of the molecule is O=C(COC(=O)C12C[C@@H]3C[C@@H](CC(Cl)(C3)C1)C2)Nc1c(F)cccc1F. The van der Waals surface area contributed by atoms with Crippen LogP contribution in [0.2, 0.25) is 0 Å². The van der Waals surface area contributed by atoms with Crippen LogP contribution in [0.4, 0.5) is 14.5 Å². The molecule has 26 heavy (non-hydrogen) atoms. The lowest BCUT2D eigenvalue weighted by atomic mass is 9.49. The van der Waals surface area contributed by atoms with E-state index in [1.807, 2.05) is 0 Å². The number of rotatable bonds is 4. The molecule has 0 aliphatic heterocycles. The van der Waals surface area contributed by atoms with Gasteiger partial charge in [0.2, 0.25) is 0 Å². The summed E-state index contributed by atoms with van der Waals surface area (Å²) in [5.41, 5.74) is -1.15. The van der Waals surface area contributed by atoms with E-state index in [1.165, 1.54) is 6.07 Å². The largest absolute Gasteiger partial charge is 0.455 e. The van der Waals surface area contributed by atoms with E-state index in [9.17, 15) is 18.4 Å². The van der Waals surface area contributed by atoms with Crippen LogP contribution in [0.5, 0.6) is 0 Å². The number of benzene rings is 1. The van der Waals surface area contributed by atoms with Crippen molar-refractivity contribution in [1.29, 1.82) is 0 Å². The van der Waals surface area contributed by atoms with Gasteiger partial charge in [-0.3, -0.25) is 9.59 Å². The normalized spacial score (nSPS) is 34.6. The quantitative estimate of drug-likeness (QED) is 0.631. The van der Waals surface area contributed by atoms with E-state index >= 15 is 0 Å². The molecule has 7 heteroatoms. The third-order valence-electron chi connectivity index (χ3n) is 5.98. The Labute approximate surface area is 155 Å². The van der Waals surface area contributed by atoms with Gasteiger partial charge in [-0.1, -0.05) is 6.07 Å². The maximum atomic E-state index is 13.6. The highest BCUT2D eigenvalue weighted by Gasteiger charge is 2.60. The van der Waals surface area contributed by atoms with Crippen molar-refractivity contribution in [2.45, 2.75) is 43.4 Å². The first-order chi connectivity index (χ1) is 12.3. The molecule has 0 saturated heterocycles. The van der Waals surface area contributed by atoms with E-state index in [-0.39, 0.29) is 4.87 Å². The van der Waals surface area contributed by atoms with Crippen molar-refractivity contribution >= 4 is 29.2 Å². The average molecular weight is 384 g/mol. The van der Waals surface area contributed by atoms with Gasteiger partial charge in [0.05, 0.1) is 5.41 Å². The summed E-state index contributed by atoms with van der Waals surface area (Å²) in [5, 5.41) is 2.12. The van der Waals surface area contributed by atoms with Crippen molar-refractivity contribution in [3.05, 3.63) is 29.8 Å². The van der Waals surface area contributed by atoms with Crippen LogP contribution in [0.25, 0.3) is 0 Å². The number of carbonyl (C=O) groups excluding carboxylic acids is 2. The zero-order chi connectivity index (χ0) is 18.5. The van der Waals surface area contributed by atoms with Crippen LogP contribution in [-0.4, -0.2) is 23.4 Å². The molecule has 0 radical (unpaired) electrons. The molecule has 0 aromatic heterocycles. The summed E-state index contributed by atoms with van der Waals surface area (Å²) in [7, 11) is 0. The number of hydrogen-bond acceptors (Lipinski definition) is 3. The van der Waals surface area contributed by atoms with Crippen molar-refractivity contribution in [2.24, 2.45) is 17.3 Å². The smallest absolute Gasteiger partial charge is 0.312 e. The van der Waals surface area contributed by atoms with Gasteiger partial charge in [-0.05, 0) is 62.5 Å². The first-order valence-corrected chi connectivity index (χ1v) is 9.26. The number of amides is 1. The number of nitrogens with one attached hydrogen (secondary N) is 1. The first kappa shape index (κ1) is 17.7. The van der Waals surface area contributed by atoms with E-state index in [1.54, 1.807) is 0 Å². The van der Waals surface area contributed by atoms with Gasteiger partial charge < -0.3 is 10.1 Å². The first-order valence-electron chi connectivity index (χ1n) is 8.89. The topological polar surface area (TPSA) is 55.4 Å². The molecule has 0 spiro atoms. The molecule has 5 rings (SSSR count). The van der Waals surface area contributed by atoms with Gasteiger partial charge in [-0.2, -0.15) is 0 Å². The summed E-state index contributed by atoms with van der Waals surface area (Å²) in [6.45, 7) is -0.570. The maximum Gasteiger partial charge on any atom is 0.312 e. The fraction of sp³-hybridized carbons (Fsp3) is 0.579. The lowest BCUT2D eigenvalue weighted by molar-refractivity contribution is -0.171. The van der Waals surface area contributed by atoms with Gasteiger partial charge in [0.25, 0.3) is 5.91 Å². The molecule has 1 aromatic carbocycles. The highest BCUT2D eigenvalue weighted by Crippen LogP contribution is 2.64. The summed E-state index contributed by atoms with van der Waals surface area (Å²) < 4.78 is 32.4. The molecule has 1 N–H and O–H groups in total. The lowest BCUT2D eigenvalue weighted by Gasteiger charge is -2.58. The monoisotopic (exact) mass is 383 g/mol. The molecule has 4 atom stereocenters. The molecule has 0 heterocycles. The Morgan fingerprint density at radius 1 is 1.15 bits per heavy atom. The summed E-state index contributed by atoms with van der Waals surface area (Å²) in [5.74, 6) is -2.08. The van der Waals surface area contributed by atoms with Crippen LogP contribution in [-0.2, 0) is 14.3 Å². The number of halogens is 3. The van der Waals surface area contributed by atoms with Crippen LogP contribution < -0.4 is 5.32 Å².